The fourth-order valence-electron chi connectivity index (χ4n) is 2.65. The molecule has 0 bridgehead atoms. The van der Waals surface area contributed by atoms with Crippen LogP contribution in [0.3, 0.4) is 0 Å². The van der Waals surface area contributed by atoms with Gasteiger partial charge < -0.3 is 9.30 Å². The molecule has 0 atom stereocenters. The number of nitrogens with zero attached hydrogens (tertiary/aromatic N) is 2. The second-order valence-corrected chi connectivity index (χ2v) is 9.29. The molecule has 0 fully saturated rings. The SMILES string of the molecule is COc1ccc(S(=O)(=O)CC(=O)N=c2sc3cc(C)c(C)cc3n2C)cc1. The Balaban J connectivity index is 1.92. The summed E-state index contributed by atoms with van der Waals surface area (Å²) in [6, 6.07) is 10.0. The molecule has 0 spiro atoms. The van der Waals surface area contributed by atoms with E-state index in [1.54, 1.807) is 12.1 Å². The van der Waals surface area contributed by atoms with E-state index in [1.807, 2.05) is 37.6 Å². The van der Waals surface area contributed by atoms with Crippen molar-refractivity contribution < 1.29 is 17.9 Å². The van der Waals surface area contributed by atoms with Crippen molar-refractivity contribution in [1.29, 1.82) is 0 Å². The molecule has 27 heavy (non-hydrogen) atoms. The summed E-state index contributed by atoms with van der Waals surface area (Å²) in [5, 5.41) is 0. The third-order valence-electron chi connectivity index (χ3n) is 4.38. The molecule has 0 saturated carbocycles. The monoisotopic (exact) mass is 404 g/mol. The van der Waals surface area contributed by atoms with Crippen LogP contribution in [0.2, 0.25) is 0 Å². The number of aryl methyl sites for hydroxylation is 3. The number of hydrogen-bond acceptors (Lipinski definition) is 5. The maximum Gasteiger partial charge on any atom is 0.263 e. The van der Waals surface area contributed by atoms with Crippen LogP contribution in [0.1, 0.15) is 11.1 Å². The lowest BCUT2D eigenvalue weighted by molar-refractivity contribution is -0.115. The zero-order chi connectivity index (χ0) is 19.8. The summed E-state index contributed by atoms with van der Waals surface area (Å²) in [6.07, 6.45) is 0. The van der Waals surface area contributed by atoms with Crippen molar-refractivity contribution >= 4 is 37.3 Å². The number of benzene rings is 2. The third-order valence-corrected chi connectivity index (χ3v) is 7.09. The van der Waals surface area contributed by atoms with E-state index in [-0.39, 0.29) is 4.90 Å². The first kappa shape index (κ1) is 19.3. The van der Waals surface area contributed by atoms with Crippen LogP contribution in [0.5, 0.6) is 5.75 Å². The summed E-state index contributed by atoms with van der Waals surface area (Å²) in [4.78, 5) is 16.9. The van der Waals surface area contributed by atoms with E-state index in [9.17, 15) is 13.2 Å². The molecule has 0 aliphatic rings. The van der Waals surface area contributed by atoms with E-state index < -0.39 is 21.5 Å². The van der Waals surface area contributed by atoms with Gasteiger partial charge in [0.05, 0.1) is 22.2 Å². The number of hydrogen-bond donors (Lipinski definition) is 0. The molecule has 2 aromatic carbocycles. The standard InChI is InChI=1S/C19H20N2O4S2/c1-12-9-16-17(10-13(12)2)26-19(21(16)3)20-18(22)11-27(23,24)15-7-5-14(25-4)6-8-15/h5-10H,11H2,1-4H3. The second kappa shape index (κ2) is 7.28. The molecule has 1 aromatic heterocycles. The van der Waals surface area contributed by atoms with Gasteiger partial charge in [0.25, 0.3) is 5.91 Å². The number of methoxy groups -OCH3 is 1. The Morgan fingerprint density at radius 3 is 2.41 bits per heavy atom. The smallest absolute Gasteiger partial charge is 0.263 e. The number of sulfone groups is 1. The third kappa shape index (κ3) is 3.96. The van der Waals surface area contributed by atoms with Gasteiger partial charge in [0.15, 0.2) is 14.6 Å². The quantitative estimate of drug-likeness (QED) is 0.670. The fraction of sp³-hybridized carbons (Fsp3) is 0.263. The van der Waals surface area contributed by atoms with Crippen molar-refractivity contribution in [3.05, 3.63) is 52.3 Å². The van der Waals surface area contributed by atoms with Crippen molar-refractivity contribution in [2.75, 3.05) is 12.9 Å². The van der Waals surface area contributed by atoms with Crippen LogP contribution in [0.4, 0.5) is 0 Å². The van der Waals surface area contributed by atoms with Crippen LogP contribution in [-0.4, -0.2) is 31.8 Å². The maximum atomic E-state index is 12.5. The van der Waals surface area contributed by atoms with Gasteiger partial charge in [-0.2, -0.15) is 4.99 Å². The number of rotatable bonds is 4. The molecule has 1 amide bonds. The highest BCUT2D eigenvalue weighted by Gasteiger charge is 2.19. The summed E-state index contributed by atoms with van der Waals surface area (Å²) < 4.78 is 32.7. The predicted octanol–water partition coefficient (Wildman–Crippen LogP) is 2.77. The number of fused-ring (bicyclic) bond motifs is 1. The molecular formula is C19H20N2O4S2. The first-order valence-electron chi connectivity index (χ1n) is 8.22. The summed E-state index contributed by atoms with van der Waals surface area (Å²) in [6.45, 7) is 4.05. The Bertz CT molecular complexity index is 1190. The topological polar surface area (TPSA) is 77.7 Å². The first-order valence-corrected chi connectivity index (χ1v) is 10.7. The second-order valence-electron chi connectivity index (χ2n) is 6.29. The molecule has 0 radical (unpaired) electrons. The number of ether oxygens (including phenoxy) is 1. The van der Waals surface area contributed by atoms with E-state index in [4.69, 9.17) is 4.74 Å². The van der Waals surface area contributed by atoms with Crippen molar-refractivity contribution in [3.63, 3.8) is 0 Å². The van der Waals surface area contributed by atoms with Crippen molar-refractivity contribution in [2.24, 2.45) is 12.0 Å². The summed E-state index contributed by atoms with van der Waals surface area (Å²) in [7, 11) is -0.447. The minimum Gasteiger partial charge on any atom is -0.497 e. The molecule has 142 valence electrons. The van der Waals surface area contributed by atoms with Gasteiger partial charge in [0.2, 0.25) is 0 Å². The minimum atomic E-state index is -3.76. The zero-order valence-electron chi connectivity index (χ0n) is 15.5. The number of thiazole rings is 1. The van der Waals surface area contributed by atoms with Crippen LogP contribution in [0.15, 0.2) is 46.3 Å². The molecule has 8 heteroatoms. The number of aromatic nitrogens is 1. The molecule has 3 rings (SSSR count). The highest BCUT2D eigenvalue weighted by molar-refractivity contribution is 7.92. The van der Waals surface area contributed by atoms with Crippen LogP contribution >= 0.6 is 11.3 Å². The molecule has 0 N–H and O–H groups in total. The Morgan fingerprint density at radius 2 is 1.78 bits per heavy atom. The van der Waals surface area contributed by atoms with Gasteiger partial charge >= 0.3 is 0 Å². The Hall–Kier alpha value is -2.45. The van der Waals surface area contributed by atoms with Gasteiger partial charge in [0.1, 0.15) is 11.5 Å². The van der Waals surface area contributed by atoms with Crippen LogP contribution in [-0.2, 0) is 21.7 Å². The van der Waals surface area contributed by atoms with E-state index in [2.05, 4.69) is 4.99 Å². The van der Waals surface area contributed by atoms with Crippen molar-refractivity contribution in [1.82, 2.24) is 4.57 Å². The maximum absolute atomic E-state index is 12.5. The van der Waals surface area contributed by atoms with E-state index >= 15 is 0 Å². The van der Waals surface area contributed by atoms with Crippen molar-refractivity contribution in [2.45, 2.75) is 18.7 Å². The predicted molar refractivity (Wildman–Crippen MR) is 106 cm³/mol. The van der Waals surface area contributed by atoms with Gasteiger partial charge in [-0.05, 0) is 61.4 Å². The molecule has 0 aliphatic heterocycles. The Labute approximate surface area is 161 Å². The lowest BCUT2D eigenvalue weighted by Crippen LogP contribution is -2.19. The Kier molecular flexibility index (Phi) is 5.21. The van der Waals surface area contributed by atoms with Crippen LogP contribution in [0, 0.1) is 13.8 Å². The highest BCUT2D eigenvalue weighted by atomic mass is 32.2. The van der Waals surface area contributed by atoms with Crippen molar-refractivity contribution in [3.8, 4) is 5.75 Å². The minimum absolute atomic E-state index is 0.0683. The largest absolute Gasteiger partial charge is 0.497 e. The fourth-order valence-corrected chi connectivity index (χ4v) is 4.88. The lowest BCUT2D eigenvalue weighted by Gasteiger charge is -2.03. The van der Waals surface area contributed by atoms with Gasteiger partial charge in [-0.1, -0.05) is 11.3 Å². The van der Waals surface area contributed by atoms with Gasteiger partial charge in [-0.25, -0.2) is 8.42 Å². The molecule has 0 aliphatic carbocycles. The average Bonchev–Trinajstić information content (AvgIpc) is 2.90. The molecule has 1 heterocycles. The number of amides is 1. The van der Waals surface area contributed by atoms with Crippen LogP contribution < -0.4 is 9.54 Å². The molecule has 0 saturated heterocycles. The average molecular weight is 405 g/mol. The summed E-state index contributed by atoms with van der Waals surface area (Å²) >= 11 is 1.37. The zero-order valence-corrected chi connectivity index (χ0v) is 17.1. The van der Waals surface area contributed by atoms with E-state index in [0.717, 1.165) is 21.3 Å². The highest BCUT2D eigenvalue weighted by Crippen LogP contribution is 2.21. The van der Waals surface area contributed by atoms with E-state index in [1.165, 1.54) is 30.6 Å². The van der Waals surface area contributed by atoms with Gasteiger partial charge in [-0.3, -0.25) is 4.79 Å². The summed E-state index contributed by atoms with van der Waals surface area (Å²) in [5.74, 6) is -0.819. The van der Waals surface area contributed by atoms with E-state index in [0.29, 0.717) is 10.6 Å². The Morgan fingerprint density at radius 1 is 1.15 bits per heavy atom. The molecule has 3 aromatic rings. The van der Waals surface area contributed by atoms with Gasteiger partial charge in [0, 0.05) is 7.05 Å². The van der Waals surface area contributed by atoms with Gasteiger partial charge in [-0.15, -0.1) is 0 Å². The first-order chi connectivity index (χ1) is 12.7. The normalized spacial score (nSPS) is 12.5. The molecule has 6 nitrogen and oxygen atoms in total. The number of carbonyl (C=O) groups excluding carboxylic acids is 1. The molecular weight excluding hydrogens is 384 g/mol. The van der Waals surface area contributed by atoms with Crippen LogP contribution in [0.25, 0.3) is 10.2 Å². The number of carbonyl (C=O) groups is 1. The molecule has 0 unspecified atom stereocenters. The summed E-state index contributed by atoms with van der Waals surface area (Å²) in [5.41, 5.74) is 3.27. The lowest BCUT2D eigenvalue weighted by atomic mass is 10.1.